The third-order valence-electron chi connectivity index (χ3n) is 5.75. The van der Waals surface area contributed by atoms with Gasteiger partial charge in [-0.1, -0.05) is 26.0 Å². The summed E-state index contributed by atoms with van der Waals surface area (Å²) in [5, 5.41) is 0. The monoisotopic (exact) mass is 372 g/mol. The number of esters is 2. The Labute approximate surface area is 158 Å². The first kappa shape index (κ1) is 18.0. The van der Waals surface area contributed by atoms with E-state index in [1.165, 1.54) is 7.11 Å². The van der Waals surface area contributed by atoms with Crippen LogP contribution in [0.1, 0.15) is 48.6 Å². The van der Waals surface area contributed by atoms with Crippen molar-refractivity contribution in [2.75, 3.05) is 7.11 Å². The van der Waals surface area contributed by atoms with Crippen LogP contribution in [0.15, 0.2) is 34.3 Å². The molecule has 4 bridgehead atoms. The highest BCUT2D eigenvalue weighted by atomic mass is 16.6. The fourth-order valence-corrected chi connectivity index (χ4v) is 4.21. The van der Waals surface area contributed by atoms with Crippen LogP contribution in [0.5, 0.6) is 0 Å². The average molecular weight is 372 g/mol. The molecule has 6 heteroatoms. The number of methoxy groups -OCH3 is 1. The van der Waals surface area contributed by atoms with E-state index in [1.54, 1.807) is 6.07 Å². The fourth-order valence-electron chi connectivity index (χ4n) is 4.21. The Morgan fingerprint density at radius 2 is 2.11 bits per heavy atom. The predicted octanol–water partition coefficient (Wildman–Crippen LogP) is 3.17. The summed E-state index contributed by atoms with van der Waals surface area (Å²) in [4.78, 5) is 24.8. The molecule has 4 rings (SSSR count). The van der Waals surface area contributed by atoms with Gasteiger partial charge in [-0.3, -0.25) is 0 Å². The normalized spacial score (nSPS) is 31.5. The largest absolute Gasteiger partial charge is 0.465 e. The van der Waals surface area contributed by atoms with Crippen LogP contribution in [0.2, 0.25) is 0 Å². The maximum absolute atomic E-state index is 12.4. The molecule has 0 spiro atoms. The van der Waals surface area contributed by atoms with Crippen LogP contribution in [-0.4, -0.2) is 37.4 Å². The maximum atomic E-state index is 12.4. The second-order valence-corrected chi connectivity index (χ2v) is 7.93. The first-order valence-corrected chi connectivity index (χ1v) is 9.26. The summed E-state index contributed by atoms with van der Waals surface area (Å²) in [6, 6.07) is 1.70. The second kappa shape index (κ2) is 6.37. The molecule has 5 atom stereocenters. The van der Waals surface area contributed by atoms with Gasteiger partial charge in [-0.05, 0) is 30.9 Å². The zero-order valence-electron chi connectivity index (χ0n) is 16.0. The van der Waals surface area contributed by atoms with E-state index in [-0.39, 0.29) is 35.9 Å². The Morgan fingerprint density at radius 1 is 1.37 bits per heavy atom. The van der Waals surface area contributed by atoms with Crippen molar-refractivity contribution in [3.05, 3.63) is 47.0 Å². The smallest absolute Gasteiger partial charge is 0.341 e. The molecule has 3 aliphatic rings. The lowest BCUT2D eigenvalue weighted by Crippen LogP contribution is -2.23. The number of hydrogen-bond donors (Lipinski definition) is 0. The predicted molar refractivity (Wildman–Crippen MR) is 96.3 cm³/mol. The van der Waals surface area contributed by atoms with Gasteiger partial charge in [0.1, 0.15) is 29.3 Å². The molecule has 0 amide bonds. The number of epoxide rings is 1. The maximum Gasteiger partial charge on any atom is 0.341 e. The molecule has 1 aromatic rings. The van der Waals surface area contributed by atoms with E-state index in [1.807, 2.05) is 13.0 Å². The van der Waals surface area contributed by atoms with Gasteiger partial charge < -0.3 is 18.6 Å². The van der Waals surface area contributed by atoms with Gasteiger partial charge in [-0.15, -0.1) is 0 Å². The number of rotatable bonds is 3. The molecule has 1 saturated heterocycles. The Morgan fingerprint density at radius 3 is 2.74 bits per heavy atom. The SMILES string of the molecule is C=C(C)[C@H]1c2cc(C(=O)OC)c(o2)C[C@H](C(C)C)[C@H]2O[C@H]2C2=C[C@H]1OC2=O. The second-order valence-electron chi connectivity index (χ2n) is 7.93. The summed E-state index contributed by atoms with van der Waals surface area (Å²) in [6.45, 7) is 10.1. The standard InChI is InChI=1S/C21H24O6/c1-9(2)11-6-14-12(20(22)24-5)7-15(25-14)17(10(3)4)16-8-13(21(23)26-16)19-18(11)27-19/h7-9,11,16-19H,3,6H2,1-2,4-5H3/t11-,16-,17+,18-,19+/m1/s1. The van der Waals surface area contributed by atoms with Gasteiger partial charge in [-0.2, -0.15) is 0 Å². The molecular formula is C21H24O6. The number of furan rings is 1. The number of hydrogen-bond acceptors (Lipinski definition) is 6. The van der Waals surface area contributed by atoms with Crippen molar-refractivity contribution < 1.29 is 28.2 Å². The third kappa shape index (κ3) is 2.92. The van der Waals surface area contributed by atoms with E-state index in [2.05, 4.69) is 20.4 Å². The molecule has 3 aliphatic heterocycles. The Balaban J connectivity index is 1.86. The highest BCUT2D eigenvalue weighted by Crippen LogP contribution is 2.46. The van der Waals surface area contributed by atoms with Crippen LogP contribution in [0.3, 0.4) is 0 Å². The van der Waals surface area contributed by atoms with Crippen LogP contribution < -0.4 is 0 Å². The Kier molecular flexibility index (Phi) is 4.26. The quantitative estimate of drug-likeness (QED) is 0.461. The summed E-state index contributed by atoms with van der Waals surface area (Å²) >= 11 is 0. The van der Waals surface area contributed by atoms with Crippen molar-refractivity contribution >= 4 is 11.9 Å². The van der Waals surface area contributed by atoms with Gasteiger partial charge in [0.15, 0.2) is 0 Å². The Bertz CT molecular complexity index is 845. The van der Waals surface area contributed by atoms with Gasteiger partial charge >= 0.3 is 11.9 Å². The van der Waals surface area contributed by atoms with E-state index in [0.29, 0.717) is 29.1 Å². The van der Waals surface area contributed by atoms with Crippen LogP contribution in [-0.2, 0) is 25.4 Å². The molecule has 0 N–H and O–H groups in total. The summed E-state index contributed by atoms with van der Waals surface area (Å²) in [5.74, 6) is 0.389. The van der Waals surface area contributed by atoms with E-state index in [0.717, 1.165) is 5.57 Å². The topological polar surface area (TPSA) is 78.3 Å². The third-order valence-corrected chi connectivity index (χ3v) is 5.75. The molecule has 6 nitrogen and oxygen atoms in total. The van der Waals surface area contributed by atoms with E-state index in [9.17, 15) is 9.59 Å². The molecule has 144 valence electrons. The first-order valence-electron chi connectivity index (χ1n) is 9.26. The van der Waals surface area contributed by atoms with Crippen LogP contribution in [0.4, 0.5) is 0 Å². The Hall–Kier alpha value is -2.34. The molecule has 0 saturated carbocycles. The van der Waals surface area contributed by atoms with Crippen molar-refractivity contribution in [3.63, 3.8) is 0 Å². The summed E-state index contributed by atoms with van der Waals surface area (Å²) in [5.41, 5.74) is 1.79. The zero-order valence-corrected chi connectivity index (χ0v) is 16.0. The molecule has 4 heterocycles. The number of carbonyl (C=O) groups excluding carboxylic acids is 2. The van der Waals surface area contributed by atoms with Crippen LogP contribution in [0, 0.1) is 11.8 Å². The van der Waals surface area contributed by atoms with Crippen molar-refractivity contribution in [2.24, 2.45) is 11.8 Å². The lowest BCUT2D eigenvalue weighted by Gasteiger charge is -2.20. The molecule has 0 unspecified atom stereocenters. The lowest BCUT2D eigenvalue weighted by atomic mass is 9.84. The average Bonchev–Trinajstić information content (AvgIpc) is 3.12. The molecule has 27 heavy (non-hydrogen) atoms. The summed E-state index contributed by atoms with van der Waals surface area (Å²) in [6.07, 6.45) is 1.50. The highest BCUT2D eigenvalue weighted by molar-refractivity contribution is 5.93. The zero-order chi connectivity index (χ0) is 19.5. The highest BCUT2D eigenvalue weighted by Gasteiger charge is 2.53. The van der Waals surface area contributed by atoms with Crippen molar-refractivity contribution in [3.8, 4) is 0 Å². The number of fused-ring (bicyclic) bond motifs is 5. The van der Waals surface area contributed by atoms with Crippen molar-refractivity contribution in [1.82, 2.24) is 0 Å². The van der Waals surface area contributed by atoms with E-state index in [4.69, 9.17) is 18.6 Å². The molecule has 1 aromatic heterocycles. The minimum Gasteiger partial charge on any atom is -0.465 e. The van der Waals surface area contributed by atoms with Gasteiger partial charge in [-0.25, -0.2) is 9.59 Å². The summed E-state index contributed by atoms with van der Waals surface area (Å²) in [7, 11) is 1.35. The summed E-state index contributed by atoms with van der Waals surface area (Å²) < 4.78 is 22.6. The molecular weight excluding hydrogens is 348 g/mol. The fraction of sp³-hybridized carbons (Fsp3) is 0.524. The molecule has 0 aromatic carbocycles. The van der Waals surface area contributed by atoms with Crippen molar-refractivity contribution in [1.29, 1.82) is 0 Å². The first-order chi connectivity index (χ1) is 12.8. The molecule has 1 fully saturated rings. The van der Waals surface area contributed by atoms with E-state index < -0.39 is 12.1 Å². The van der Waals surface area contributed by atoms with Gasteiger partial charge in [0.05, 0.1) is 24.7 Å². The molecule has 0 aliphatic carbocycles. The number of carbonyl (C=O) groups is 2. The van der Waals surface area contributed by atoms with Gasteiger partial charge in [0.25, 0.3) is 0 Å². The van der Waals surface area contributed by atoms with Crippen molar-refractivity contribution in [2.45, 2.75) is 51.4 Å². The number of ether oxygens (including phenoxy) is 3. The molecule has 0 radical (unpaired) electrons. The minimum atomic E-state index is -0.519. The van der Waals surface area contributed by atoms with E-state index >= 15 is 0 Å². The van der Waals surface area contributed by atoms with Gasteiger partial charge in [0, 0.05) is 6.42 Å². The lowest BCUT2D eigenvalue weighted by molar-refractivity contribution is -0.140. The van der Waals surface area contributed by atoms with Gasteiger partial charge in [0.2, 0.25) is 0 Å². The minimum absolute atomic E-state index is 0.0945. The van der Waals surface area contributed by atoms with Crippen LogP contribution in [0.25, 0.3) is 0 Å². The van der Waals surface area contributed by atoms with Crippen LogP contribution >= 0.6 is 0 Å².